The van der Waals surface area contributed by atoms with Gasteiger partial charge in [0.25, 0.3) is 0 Å². The van der Waals surface area contributed by atoms with Crippen molar-refractivity contribution in [3.05, 3.63) is 72.4 Å². The Balaban J connectivity index is 0.000000243. The lowest BCUT2D eigenvalue weighted by molar-refractivity contribution is -0.119. The summed E-state index contributed by atoms with van der Waals surface area (Å²) in [6.07, 6.45) is 7.94. The van der Waals surface area contributed by atoms with Crippen molar-refractivity contribution < 1.29 is 9.53 Å². The molecular formula is C27H34N6O2. The van der Waals surface area contributed by atoms with Gasteiger partial charge in [-0.15, -0.1) is 0 Å². The minimum absolute atomic E-state index is 0.258. The number of pyridine rings is 1. The van der Waals surface area contributed by atoms with E-state index in [0.717, 1.165) is 73.7 Å². The molecule has 1 unspecified atom stereocenters. The molecule has 184 valence electrons. The number of hydrogen-bond acceptors (Lipinski definition) is 5. The van der Waals surface area contributed by atoms with Gasteiger partial charge >= 0.3 is 0 Å². The van der Waals surface area contributed by atoms with E-state index >= 15 is 0 Å². The van der Waals surface area contributed by atoms with E-state index in [1.165, 1.54) is 5.69 Å². The summed E-state index contributed by atoms with van der Waals surface area (Å²) >= 11 is 0. The molecule has 1 amide bonds. The van der Waals surface area contributed by atoms with E-state index in [0.29, 0.717) is 0 Å². The van der Waals surface area contributed by atoms with Crippen LogP contribution in [-0.2, 0) is 18.3 Å². The van der Waals surface area contributed by atoms with Crippen LogP contribution < -0.4 is 10.1 Å². The zero-order valence-electron chi connectivity index (χ0n) is 20.7. The van der Waals surface area contributed by atoms with Crippen molar-refractivity contribution in [2.75, 3.05) is 33.8 Å². The smallest absolute Gasteiger partial charge is 0.209 e. The number of nitrogens with zero attached hydrogens (tertiary/aromatic N) is 5. The van der Waals surface area contributed by atoms with Crippen molar-refractivity contribution in [3.63, 3.8) is 0 Å². The number of aryl methyl sites for hydroxylation is 1. The van der Waals surface area contributed by atoms with Gasteiger partial charge in [0.2, 0.25) is 6.41 Å². The fourth-order valence-corrected chi connectivity index (χ4v) is 4.54. The number of nitrogens with one attached hydrogen (secondary N) is 1. The van der Waals surface area contributed by atoms with E-state index in [1.54, 1.807) is 7.11 Å². The predicted molar refractivity (Wildman–Crippen MR) is 138 cm³/mol. The van der Waals surface area contributed by atoms with Crippen molar-refractivity contribution in [1.29, 1.82) is 0 Å². The first-order valence-corrected chi connectivity index (χ1v) is 12.1. The number of aromatic nitrogens is 4. The van der Waals surface area contributed by atoms with Gasteiger partial charge in [0.15, 0.2) is 0 Å². The molecule has 0 radical (unpaired) electrons. The number of benzene rings is 1. The molecule has 3 aromatic heterocycles. The number of ether oxygens (including phenoxy) is 1. The Labute approximate surface area is 206 Å². The van der Waals surface area contributed by atoms with Crippen LogP contribution >= 0.6 is 0 Å². The molecule has 1 atom stereocenters. The monoisotopic (exact) mass is 474 g/mol. The number of fused-ring (bicyclic) bond motifs is 1. The first kappa shape index (κ1) is 24.5. The molecule has 0 saturated carbocycles. The third-order valence-electron chi connectivity index (χ3n) is 6.44. The van der Waals surface area contributed by atoms with Gasteiger partial charge in [-0.3, -0.25) is 9.48 Å². The second-order valence-electron chi connectivity index (χ2n) is 8.75. The second kappa shape index (κ2) is 11.7. The molecule has 0 bridgehead atoms. The van der Waals surface area contributed by atoms with Gasteiger partial charge in [-0.1, -0.05) is 18.2 Å². The number of carbonyl (C=O) groups is 1. The maximum atomic E-state index is 11.2. The lowest BCUT2D eigenvalue weighted by Crippen LogP contribution is -2.33. The molecule has 1 saturated heterocycles. The number of rotatable bonds is 7. The summed E-state index contributed by atoms with van der Waals surface area (Å²) in [4.78, 5) is 18.0. The zero-order chi connectivity index (χ0) is 24.6. The Bertz CT molecular complexity index is 1250. The van der Waals surface area contributed by atoms with Crippen LogP contribution in [0.1, 0.15) is 30.3 Å². The predicted octanol–water partition coefficient (Wildman–Crippen LogP) is 3.53. The SMILES string of the molecule is CNCCc1ccnn1C.COc1cccc(-c2nc(C3CCCN(C=O)C3)n3ccccc23)c1. The molecule has 0 aliphatic carbocycles. The van der Waals surface area contributed by atoms with Gasteiger partial charge in [-0.25, -0.2) is 4.98 Å². The standard InChI is InChI=1S/C20H21N3O2.C7H13N3/c1-25-17-8-4-6-15(12-17)19-18-9-2-3-11-23(18)20(21-19)16-7-5-10-22(13-16)14-24;1-8-5-3-7-4-6-9-10(7)2/h2-4,6,8-9,11-12,14,16H,5,7,10,13H2,1H3;4,6,8H,3,5H2,1-2H3. The Morgan fingerprint density at radius 2 is 2.09 bits per heavy atom. The Hall–Kier alpha value is -3.65. The first-order valence-electron chi connectivity index (χ1n) is 12.1. The Morgan fingerprint density at radius 1 is 1.20 bits per heavy atom. The number of imidazole rings is 1. The number of likely N-dealkylation sites (N-methyl/N-ethyl adjacent to an activating group) is 1. The van der Waals surface area contributed by atoms with Gasteiger partial charge in [0, 0.05) is 62.7 Å². The van der Waals surface area contributed by atoms with Gasteiger partial charge in [0.05, 0.1) is 18.3 Å². The summed E-state index contributed by atoms with van der Waals surface area (Å²) in [5, 5.41) is 7.15. The topological polar surface area (TPSA) is 76.7 Å². The van der Waals surface area contributed by atoms with E-state index in [-0.39, 0.29) is 5.92 Å². The van der Waals surface area contributed by atoms with Crippen molar-refractivity contribution in [1.82, 2.24) is 29.4 Å². The van der Waals surface area contributed by atoms with Gasteiger partial charge in [-0.2, -0.15) is 5.10 Å². The highest BCUT2D eigenvalue weighted by Gasteiger charge is 2.25. The maximum Gasteiger partial charge on any atom is 0.209 e. The van der Waals surface area contributed by atoms with E-state index in [9.17, 15) is 4.79 Å². The molecule has 1 aliphatic rings. The van der Waals surface area contributed by atoms with Crippen LogP contribution in [0.5, 0.6) is 5.75 Å². The molecule has 35 heavy (non-hydrogen) atoms. The van der Waals surface area contributed by atoms with E-state index in [2.05, 4.69) is 33.1 Å². The average Bonchev–Trinajstić information content (AvgIpc) is 3.51. The zero-order valence-corrected chi connectivity index (χ0v) is 20.7. The summed E-state index contributed by atoms with van der Waals surface area (Å²) in [6.45, 7) is 2.58. The summed E-state index contributed by atoms with van der Waals surface area (Å²) in [5.41, 5.74) is 4.35. The molecule has 5 rings (SSSR count). The molecule has 1 aliphatic heterocycles. The van der Waals surface area contributed by atoms with Crippen molar-refractivity contribution in [2.45, 2.75) is 25.2 Å². The maximum absolute atomic E-state index is 11.2. The number of likely N-dealkylation sites (tertiary alicyclic amines) is 1. The lowest BCUT2D eigenvalue weighted by atomic mass is 9.97. The molecule has 8 nitrogen and oxygen atoms in total. The van der Waals surface area contributed by atoms with E-state index in [1.807, 2.05) is 66.3 Å². The van der Waals surface area contributed by atoms with Crippen LogP contribution in [0.25, 0.3) is 16.8 Å². The second-order valence-corrected chi connectivity index (χ2v) is 8.75. The van der Waals surface area contributed by atoms with Gasteiger partial charge < -0.3 is 19.4 Å². The quantitative estimate of drug-likeness (QED) is 0.415. The van der Waals surface area contributed by atoms with E-state index < -0.39 is 0 Å². The summed E-state index contributed by atoms with van der Waals surface area (Å²) in [5.74, 6) is 2.11. The molecule has 1 N–H and O–H groups in total. The molecule has 0 spiro atoms. The summed E-state index contributed by atoms with van der Waals surface area (Å²) in [7, 11) is 5.59. The van der Waals surface area contributed by atoms with Crippen LogP contribution in [-0.4, -0.2) is 64.3 Å². The minimum atomic E-state index is 0.258. The van der Waals surface area contributed by atoms with Gasteiger partial charge in [-0.05, 0) is 50.2 Å². The molecule has 4 aromatic rings. The number of carbonyl (C=O) groups excluding carboxylic acids is 1. The van der Waals surface area contributed by atoms with Crippen molar-refractivity contribution >= 4 is 11.9 Å². The Kier molecular flexibility index (Phi) is 8.15. The highest BCUT2D eigenvalue weighted by atomic mass is 16.5. The Morgan fingerprint density at radius 3 is 2.83 bits per heavy atom. The number of methoxy groups -OCH3 is 1. The molecule has 4 heterocycles. The van der Waals surface area contributed by atoms with Crippen molar-refractivity contribution in [2.24, 2.45) is 7.05 Å². The summed E-state index contributed by atoms with van der Waals surface area (Å²) in [6, 6.07) is 16.2. The van der Waals surface area contributed by atoms with Crippen LogP contribution in [0.15, 0.2) is 60.9 Å². The first-order chi connectivity index (χ1) is 17.1. The summed E-state index contributed by atoms with van der Waals surface area (Å²) < 4.78 is 9.42. The van der Waals surface area contributed by atoms with Gasteiger partial charge in [0.1, 0.15) is 11.6 Å². The molecule has 1 fully saturated rings. The van der Waals surface area contributed by atoms with Crippen LogP contribution in [0, 0.1) is 0 Å². The van der Waals surface area contributed by atoms with Crippen LogP contribution in [0.3, 0.4) is 0 Å². The number of piperidine rings is 1. The van der Waals surface area contributed by atoms with Crippen LogP contribution in [0.4, 0.5) is 0 Å². The average molecular weight is 475 g/mol. The minimum Gasteiger partial charge on any atom is -0.497 e. The lowest BCUT2D eigenvalue weighted by Gasteiger charge is -2.29. The van der Waals surface area contributed by atoms with Crippen molar-refractivity contribution in [3.8, 4) is 17.0 Å². The normalized spacial score (nSPS) is 15.5. The fourth-order valence-electron chi connectivity index (χ4n) is 4.54. The fraction of sp³-hybridized carbons (Fsp3) is 0.370. The molecular weight excluding hydrogens is 440 g/mol. The number of amides is 1. The molecule has 8 heteroatoms. The number of hydrogen-bond donors (Lipinski definition) is 1. The van der Waals surface area contributed by atoms with E-state index in [4.69, 9.17) is 9.72 Å². The molecule has 1 aromatic carbocycles. The third-order valence-corrected chi connectivity index (χ3v) is 6.44. The highest BCUT2D eigenvalue weighted by molar-refractivity contribution is 5.78. The highest BCUT2D eigenvalue weighted by Crippen LogP contribution is 2.32. The largest absolute Gasteiger partial charge is 0.497 e. The third kappa shape index (κ3) is 5.71. The van der Waals surface area contributed by atoms with Crippen LogP contribution in [0.2, 0.25) is 0 Å².